The maximum Gasteiger partial charge on any atom is 0.243 e. The Morgan fingerprint density at radius 2 is 1.62 bits per heavy atom. The Balaban J connectivity index is 1.66. The number of aryl methyl sites for hydroxylation is 2. The Kier molecular flexibility index (Phi) is 5.69. The van der Waals surface area contributed by atoms with Crippen molar-refractivity contribution in [2.45, 2.75) is 44.6 Å². The van der Waals surface area contributed by atoms with Gasteiger partial charge in [-0.1, -0.05) is 12.1 Å². The Morgan fingerprint density at radius 1 is 1.00 bits per heavy atom. The van der Waals surface area contributed by atoms with E-state index in [0.29, 0.717) is 31.1 Å². The van der Waals surface area contributed by atoms with Gasteiger partial charge in [-0.25, -0.2) is 8.42 Å². The van der Waals surface area contributed by atoms with Crippen LogP contribution in [0.3, 0.4) is 0 Å². The number of benzene rings is 1. The van der Waals surface area contributed by atoms with Crippen molar-refractivity contribution in [2.75, 3.05) is 39.3 Å². The molecule has 0 saturated carbocycles. The fourth-order valence-electron chi connectivity index (χ4n) is 3.81. The maximum absolute atomic E-state index is 13.0. The highest BCUT2D eigenvalue weighted by Gasteiger charge is 2.34. The molecule has 0 bridgehead atoms. The van der Waals surface area contributed by atoms with Crippen molar-refractivity contribution in [3.8, 4) is 0 Å². The molecule has 6 nitrogen and oxygen atoms in total. The minimum atomic E-state index is -3.49. The summed E-state index contributed by atoms with van der Waals surface area (Å²) in [5, 5.41) is 0. The highest BCUT2D eigenvalue weighted by Crippen LogP contribution is 2.23. The van der Waals surface area contributed by atoms with E-state index in [1.54, 1.807) is 10.4 Å². The van der Waals surface area contributed by atoms with Gasteiger partial charge in [-0.05, 0) is 50.8 Å². The quantitative estimate of drug-likeness (QED) is 0.798. The van der Waals surface area contributed by atoms with Crippen molar-refractivity contribution in [3.63, 3.8) is 0 Å². The van der Waals surface area contributed by atoms with Crippen molar-refractivity contribution >= 4 is 15.9 Å². The van der Waals surface area contributed by atoms with E-state index in [9.17, 15) is 13.2 Å². The van der Waals surface area contributed by atoms with Crippen LogP contribution in [-0.2, 0) is 14.8 Å². The number of sulfonamides is 1. The van der Waals surface area contributed by atoms with Gasteiger partial charge in [-0.3, -0.25) is 9.69 Å². The van der Waals surface area contributed by atoms with Gasteiger partial charge in [0.2, 0.25) is 15.9 Å². The van der Waals surface area contributed by atoms with E-state index in [2.05, 4.69) is 4.90 Å². The monoisotopic (exact) mass is 379 g/mol. The predicted molar refractivity (Wildman–Crippen MR) is 102 cm³/mol. The van der Waals surface area contributed by atoms with Gasteiger partial charge in [0.25, 0.3) is 0 Å². The van der Waals surface area contributed by atoms with Crippen LogP contribution in [0.25, 0.3) is 0 Å². The first kappa shape index (κ1) is 19.3. The van der Waals surface area contributed by atoms with Gasteiger partial charge < -0.3 is 4.90 Å². The lowest BCUT2D eigenvalue weighted by atomic mass is 10.2. The minimum Gasteiger partial charge on any atom is -0.341 e. The molecule has 2 fully saturated rings. The van der Waals surface area contributed by atoms with Crippen LogP contribution in [0.1, 0.15) is 30.9 Å². The zero-order valence-corrected chi connectivity index (χ0v) is 16.8. The zero-order valence-electron chi connectivity index (χ0n) is 15.9. The second-order valence-electron chi connectivity index (χ2n) is 7.42. The molecule has 26 heavy (non-hydrogen) atoms. The van der Waals surface area contributed by atoms with Crippen molar-refractivity contribution in [2.24, 2.45) is 0 Å². The molecule has 0 N–H and O–H groups in total. The van der Waals surface area contributed by atoms with Crippen molar-refractivity contribution in [3.05, 3.63) is 29.3 Å². The van der Waals surface area contributed by atoms with E-state index >= 15 is 0 Å². The van der Waals surface area contributed by atoms with E-state index < -0.39 is 10.0 Å². The van der Waals surface area contributed by atoms with Crippen molar-refractivity contribution in [1.82, 2.24) is 14.1 Å². The van der Waals surface area contributed by atoms with E-state index in [-0.39, 0.29) is 11.9 Å². The molecule has 7 heteroatoms. The molecule has 1 aromatic rings. The average molecular weight is 380 g/mol. The molecule has 0 aromatic heterocycles. The summed E-state index contributed by atoms with van der Waals surface area (Å²) in [5.41, 5.74) is 1.72. The van der Waals surface area contributed by atoms with Gasteiger partial charge in [0, 0.05) is 39.3 Å². The van der Waals surface area contributed by atoms with Gasteiger partial charge in [-0.2, -0.15) is 4.31 Å². The minimum absolute atomic E-state index is 0.174. The first-order valence-electron chi connectivity index (χ1n) is 9.41. The predicted octanol–water partition coefficient (Wildman–Crippen LogP) is 1.62. The first-order valence-corrected chi connectivity index (χ1v) is 10.8. The van der Waals surface area contributed by atoms with Gasteiger partial charge in [-0.15, -0.1) is 0 Å². The lowest BCUT2D eigenvalue weighted by Gasteiger charge is -2.38. The summed E-state index contributed by atoms with van der Waals surface area (Å²) in [6.45, 7) is 9.40. The molecule has 0 aliphatic carbocycles. The van der Waals surface area contributed by atoms with Crippen LogP contribution in [0.5, 0.6) is 0 Å². The fraction of sp³-hybridized carbons (Fsp3) is 0.632. The van der Waals surface area contributed by atoms with Crippen LogP contribution in [-0.4, -0.2) is 73.7 Å². The van der Waals surface area contributed by atoms with Gasteiger partial charge in [0.1, 0.15) is 0 Å². The van der Waals surface area contributed by atoms with Gasteiger partial charge >= 0.3 is 0 Å². The molecule has 2 saturated heterocycles. The van der Waals surface area contributed by atoms with E-state index in [1.165, 1.54) is 0 Å². The lowest BCUT2D eigenvalue weighted by molar-refractivity contribution is -0.135. The second-order valence-corrected chi connectivity index (χ2v) is 9.32. The molecule has 0 radical (unpaired) electrons. The molecular formula is C19H29N3O3S. The number of likely N-dealkylation sites (tertiary alicyclic amines) is 1. The standard InChI is InChI=1S/C19H29N3O3S/c1-15-6-7-16(2)18(14-15)26(24,25)22-12-10-20(11-13-22)17(3)19(23)21-8-4-5-9-21/h6-7,14,17H,4-5,8-13H2,1-3H3/t17-/m1/s1. The fourth-order valence-corrected chi connectivity index (χ4v) is 5.55. The first-order chi connectivity index (χ1) is 12.3. The number of hydrogen-bond acceptors (Lipinski definition) is 4. The highest BCUT2D eigenvalue weighted by molar-refractivity contribution is 7.89. The van der Waals surface area contributed by atoms with Crippen LogP contribution in [0.2, 0.25) is 0 Å². The summed E-state index contributed by atoms with van der Waals surface area (Å²) in [4.78, 5) is 17.0. The Bertz CT molecular complexity index is 764. The smallest absolute Gasteiger partial charge is 0.243 e. The topological polar surface area (TPSA) is 60.9 Å². The molecule has 1 aromatic carbocycles. The molecule has 1 atom stereocenters. The summed E-state index contributed by atoms with van der Waals surface area (Å²) < 4.78 is 27.6. The van der Waals surface area contributed by atoms with Gasteiger partial charge in [0.05, 0.1) is 10.9 Å². The van der Waals surface area contributed by atoms with Crippen LogP contribution in [0.15, 0.2) is 23.1 Å². The van der Waals surface area contributed by atoms with Crippen LogP contribution in [0.4, 0.5) is 0 Å². The Labute approximate surface area is 156 Å². The van der Waals surface area contributed by atoms with Crippen LogP contribution < -0.4 is 0 Å². The van der Waals surface area contributed by atoms with Crippen LogP contribution >= 0.6 is 0 Å². The third-order valence-electron chi connectivity index (χ3n) is 5.56. The Hall–Kier alpha value is -1.44. The molecule has 0 spiro atoms. The molecule has 1 amide bonds. The van der Waals surface area contributed by atoms with E-state index in [1.807, 2.05) is 37.8 Å². The molecule has 144 valence electrons. The summed E-state index contributed by atoms with van der Waals surface area (Å²) in [6, 6.07) is 5.35. The largest absolute Gasteiger partial charge is 0.341 e. The molecular weight excluding hydrogens is 350 g/mol. The lowest BCUT2D eigenvalue weighted by Crippen LogP contribution is -2.55. The molecule has 2 heterocycles. The van der Waals surface area contributed by atoms with Crippen molar-refractivity contribution in [1.29, 1.82) is 0 Å². The number of hydrogen-bond donors (Lipinski definition) is 0. The SMILES string of the molecule is Cc1ccc(C)c(S(=O)(=O)N2CCN([C@H](C)C(=O)N3CCCC3)CC2)c1. The Morgan fingerprint density at radius 3 is 2.23 bits per heavy atom. The number of nitrogens with zero attached hydrogens (tertiary/aromatic N) is 3. The number of piperazine rings is 1. The van der Waals surface area contributed by atoms with Crippen LogP contribution in [0, 0.1) is 13.8 Å². The van der Waals surface area contributed by atoms with E-state index in [4.69, 9.17) is 0 Å². The molecule has 3 rings (SSSR count). The van der Waals surface area contributed by atoms with E-state index in [0.717, 1.165) is 37.1 Å². The summed E-state index contributed by atoms with van der Waals surface area (Å²) in [6.07, 6.45) is 2.17. The molecule has 2 aliphatic rings. The third kappa shape index (κ3) is 3.80. The second kappa shape index (κ2) is 7.66. The number of amides is 1. The number of carbonyl (C=O) groups is 1. The maximum atomic E-state index is 13.0. The summed E-state index contributed by atoms with van der Waals surface area (Å²) in [5.74, 6) is 0.174. The highest BCUT2D eigenvalue weighted by atomic mass is 32.2. The van der Waals surface area contributed by atoms with Gasteiger partial charge in [0.15, 0.2) is 0 Å². The normalized spacial score (nSPS) is 21.1. The summed E-state index contributed by atoms with van der Waals surface area (Å²) in [7, 11) is -3.49. The average Bonchev–Trinajstić information content (AvgIpc) is 3.17. The number of rotatable bonds is 4. The third-order valence-corrected chi connectivity index (χ3v) is 7.60. The molecule has 0 unspecified atom stereocenters. The number of carbonyl (C=O) groups excluding carboxylic acids is 1. The zero-order chi connectivity index (χ0) is 18.9. The molecule has 2 aliphatic heterocycles. The summed E-state index contributed by atoms with van der Waals surface area (Å²) >= 11 is 0. The van der Waals surface area contributed by atoms with Crippen molar-refractivity contribution < 1.29 is 13.2 Å².